The molecule has 0 heterocycles. The number of ether oxygens (including phenoxy) is 1. The largest absolute Gasteiger partial charge is 0.490 e. The van der Waals surface area contributed by atoms with Gasteiger partial charge in [-0.2, -0.15) is 0 Å². The molecule has 0 radical (unpaired) electrons. The van der Waals surface area contributed by atoms with E-state index >= 15 is 0 Å². The third-order valence-electron chi connectivity index (χ3n) is 2.46. The Morgan fingerprint density at radius 1 is 1.41 bits per heavy atom. The van der Waals surface area contributed by atoms with Gasteiger partial charge in [0.2, 0.25) is 0 Å². The predicted molar refractivity (Wildman–Crippen MR) is 57.9 cm³/mol. The van der Waals surface area contributed by atoms with Gasteiger partial charge >= 0.3 is 5.97 Å². The van der Waals surface area contributed by atoms with E-state index in [4.69, 9.17) is 9.84 Å². The average Bonchev–Trinajstić information content (AvgIpc) is 2.21. The Balaban J connectivity index is 2.54. The summed E-state index contributed by atoms with van der Waals surface area (Å²) < 4.78 is 30.8. The van der Waals surface area contributed by atoms with Crippen LogP contribution in [-0.4, -0.2) is 17.7 Å². The molecule has 1 aromatic carbocycles. The first kappa shape index (κ1) is 13.4. The maximum absolute atomic E-state index is 13.1. The highest BCUT2D eigenvalue weighted by Gasteiger charge is 2.26. The Morgan fingerprint density at radius 2 is 2.06 bits per heavy atom. The van der Waals surface area contributed by atoms with Crippen LogP contribution in [0.5, 0.6) is 5.75 Å². The van der Waals surface area contributed by atoms with Crippen LogP contribution in [0.1, 0.15) is 20.3 Å². The summed E-state index contributed by atoms with van der Waals surface area (Å²) in [5.41, 5.74) is -0.934. The number of aliphatic carboxylic acids is 1. The number of benzene rings is 1. The van der Waals surface area contributed by atoms with E-state index in [1.165, 1.54) is 6.07 Å². The second-order valence-electron chi connectivity index (χ2n) is 4.36. The Morgan fingerprint density at radius 3 is 2.59 bits per heavy atom. The molecule has 0 amide bonds. The molecule has 0 saturated heterocycles. The number of carboxylic acids is 1. The molecule has 0 unspecified atom stereocenters. The van der Waals surface area contributed by atoms with Crippen molar-refractivity contribution in [2.24, 2.45) is 5.41 Å². The van der Waals surface area contributed by atoms with Crippen LogP contribution in [0.3, 0.4) is 0 Å². The monoisotopic (exact) mass is 244 g/mol. The van der Waals surface area contributed by atoms with Crippen LogP contribution in [0.4, 0.5) is 8.78 Å². The fourth-order valence-electron chi connectivity index (χ4n) is 1.12. The lowest BCUT2D eigenvalue weighted by atomic mass is 9.90. The van der Waals surface area contributed by atoms with Crippen molar-refractivity contribution in [3.05, 3.63) is 29.8 Å². The first-order chi connectivity index (χ1) is 7.83. The van der Waals surface area contributed by atoms with Crippen molar-refractivity contribution in [3.8, 4) is 5.75 Å². The van der Waals surface area contributed by atoms with Gasteiger partial charge in [-0.1, -0.05) is 0 Å². The standard InChI is InChI=1S/C12H14F2O3/c1-12(2,11(15)16)5-6-17-10-4-3-8(13)7-9(10)14/h3-4,7H,5-6H2,1-2H3,(H,15,16). The Bertz CT molecular complexity index is 416. The maximum Gasteiger partial charge on any atom is 0.309 e. The highest BCUT2D eigenvalue weighted by atomic mass is 19.1. The van der Waals surface area contributed by atoms with Crippen molar-refractivity contribution < 1.29 is 23.4 Å². The van der Waals surface area contributed by atoms with Crippen LogP contribution in [0, 0.1) is 17.0 Å². The minimum absolute atomic E-state index is 0.0574. The Labute approximate surface area is 98.0 Å². The molecular weight excluding hydrogens is 230 g/mol. The van der Waals surface area contributed by atoms with Gasteiger partial charge in [0, 0.05) is 6.07 Å². The topological polar surface area (TPSA) is 46.5 Å². The molecular formula is C12H14F2O3. The molecule has 1 aromatic rings. The number of halogens is 2. The van der Waals surface area contributed by atoms with Gasteiger partial charge in [0.1, 0.15) is 5.82 Å². The van der Waals surface area contributed by atoms with Crippen LogP contribution in [-0.2, 0) is 4.79 Å². The zero-order valence-electron chi connectivity index (χ0n) is 9.67. The molecule has 1 rings (SSSR count). The molecule has 0 aromatic heterocycles. The molecule has 0 aliphatic rings. The molecule has 0 bridgehead atoms. The van der Waals surface area contributed by atoms with Crippen molar-refractivity contribution in [1.82, 2.24) is 0 Å². The zero-order chi connectivity index (χ0) is 13.1. The SMILES string of the molecule is CC(C)(CCOc1ccc(F)cc1F)C(=O)O. The molecule has 0 spiro atoms. The van der Waals surface area contributed by atoms with Gasteiger partial charge in [-0.05, 0) is 32.4 Å². The first-order valence-corrected chi connectivity index (χ1v) is 5.14. The van der Waals surface area contributed by atoms with Crippen LogP contribution < -0.4 is 4.74 Å². The summed E-state index contributed by atoms with van der Waals surface area (Å²) in [5.74, 6) is -2.49. The van der Waals surface area contributed by atoms with Crippen molar-refractivity contribution in [2.45, 2.75) is 20.3 Å². The third-order valence-corrected chi connectivity index (χ3v) is 2.46. The number of rotatable bonds is 5. The van der Waals surface area contributed by atoms with Crippen molar-refractivity contribution >= 4 is 5.97 Å². The predicted octanol–water partition coefficient (Wildman–Crippen LogP) is 2.84. The second-order valence-corrected chi connectivity index (χ2v) is 4.36. The molecule has 0 fully saturated rings. The van der Waals surface area contributed by atoms with Gasteiger partial charge in [-0.25, -0.2) is 8.78 Å². The normalized spacial score (nSPS) is 11.3. The summed E-state index contributed by atoms with van der Waals surface area (Å²) in [6.45, 7) is 3.17. The Kier molecular flexibility index (Phi) is 4.04. The van der Waals surface area contributed by atoms with Gasteiger partial charge < -0.3 is 9.84 Å². The first-order valence-electron chi connectivity index (χ1n) is 5.14. The summed E-state index contributed by atoms with van der Waals surface area (Å²) in [4.78, 5) is 10.8. The number of carboxylic acid groups (broad SMARTS) is 1. The van der Waals surface area contributed by atoms with Gasteiger partial charge in [0.25, 0.3) is 0 Å². The van der Waals surface area contributed by atoms with Gasteiger partial charge in [-0.3, -0.25) is 4.79 Å². The lowest BCUT2D eigenvalue weighted by molar-refractivity contribution is -0.147. The van der Waals surface area contributed by atoms with E-state index in [-0.39, 0.29) is 18.8 Å². The van der Waals surface area contributed by atoms with E-state index in [1.807, 2.05) is 0 Å². The van der Waals surface area contributed by atoms with Crippen molar-refractivity contribution in [2.75, 3.05) is 6.61 Å². The molecule has 0 atom stereocenters. The Hall–Kier alpha value is -1.65. The van der Waals surface area contributed by atoms with E-state index in [1.54, 1.807) is 13.8 Å². The van der Waals surface area contributed by atoms with E-state index < -0.39 is 23.0 Å². The van der Waals surface area contributed by atoms with Crippen LogP contribution >= 0.6 is 0 Å². The lowest BCUT2D eigenvalue weighted by Gasteiger charge is -2.18. The van der Waals surface area contributed by atoms with E-state index in [9.17, 15) is 13.6 Å². The zero-order valence-corrected chi connectivity index (χ0v) is 9.67. The minimum Gasteiger partial charge on any atom is -0.490 e. The summed E-state index contributed by atoms with van der Waals surface area (Å²) in [6, 6.07) is 2.98. The molecule has 0 aliphatic carbocycles. The fourth-order valence-corrected chi connectivity index (χ4v) is 1.12. The molecule has 5 heteroatoms. The number of carbonyl (C=O) groups is 1. The molecule has 1 N–H and O–H groups in total. The summed E-state index contributed by atoms with van der Waals surface area (Å²) >= 11 is 0. The van der Waals surface area contributed by atoms with E-state index in [0.29, 0.717) is 0 Å². The third kappa shape index (κ3) is 3.69. The van der Waals surface area contributed by atoms with Crippen LogP contribution in [0.2, 0.25) is 0 Å². The quantitative estimate of drug-likeness (QED) is 0.866. The van der Waals surface area contributed by atoms with Crippen LogP contribution in [0.25, 0.3) is 0 Å². The second kappa shape index (κ2) is 5.12. The van der Waals surface area contributed by atoms with Gasteiger partial charge in [-0.15, -0.1) is 0 Å². The summed E-state index contributed by atoms with van der Waals surface area (Å²) in [5, 5.41) is 8.85. The van der Waals surface area contributed by atoms with Crippen molar-refractivity contribution in [3.63, 3.8) is 0 Å². The van der Waals surface area contributed by atoms with Crippen LogP contribution in [0.15, 0.2) is 18.2 Å². The van der Waals surface area contributed by atoms with E-state index in [0.717, 1.165) is 12.1 Å². The van der Waals surface area contributed by atoms with Crippen molar-refractivity contribution in [1.29, 1.82) is 0 Å². The molecule has 0 aliphatic heterocycles. The average molecular weight is 244 g/mol. The molecule has 3 nitrogen and oxygen atoms in total. The van der Waals surface area contributed by atoms with Gasteiger partial charge in [0.15, 0.2) is 11.6 Å². The smallest absolute Gasteiger partial charge is 0.309 e. The highest BCUT2D eigenvalue weighted by molar-refractivity contribution is 5.73. The molecule has 0 saturated carbocycles. The maximum atomic E-state index is 13.1. The summed E-state index contributed by atoms with van der Waals surface area (Å²) in [7, 11) is 0. The number of hydrogen-bond acceptors (Lipinski definition) is 2. The fraction of sp³-hybridized carbons (Fsp3) is 0.417. The number of hydrogen-bond donors (Lipinski definition) is 1. The highest BCUT2D eigenvalue weighted by Crippen LogP contribution is 2.22. The minimum atomic E-state index is -0.944. The van der Waals surface area contributed by atoms with E-state index in [2.05, 4.69) is 0 Å². The molecule has 94 valence electrons. The lowest BCUT2D eigenvalue weighted by Crippen LogP contribution is -2.25. The summed E-state index contributed by atoms with van der Waals surface area (Å²) in [6.07, 6.45) is 0.235. The van der Waals surface area contributed by atoms with Gasteiger partial charge in [0.05, 0.1) is 12.0 Å². The molecule has 17 heavy (non-hydrogen) atoms.